The first-order chi connectivity index (χ1) is 7.98. The van der Waals surface area contributed by atoms with Gasteiger partial charge in [-0.25, -0.2) is 0 Å². The van der Waals surface area contributed by atoms with Crippen LogP contribution < -0.4 is 0 Å². The first-order valence-corrected chi connectivity index (χ1v) is 8.05. The molecule has 2 atom stereocenters. The van der Waals surface area contributed by atoms with Gasteiger partial charge in [0.15, 0.2) is 0 Å². The predicted octanol–water partition coefficient (Wildman–Crippen LogP) is 2.20. The van der Waals surface area contributed by atoms with Crippen LogP contribution in [-0.4, -0.2) is 27.1 Å². The maximum absolute atomic E-state index is 11.7. The maximum atomic E-state index is 11.7. The number of carbonyl (C=O) groups is 1. The molecule has 0 amide bonds. The summed E-state index contributed by atoms with van der Waals surface area (Å²) in [4.78, 5) is 38.4. The van der Waals surface area contributed by atoms with E-state index in [1.807, 2.05) is 27.7 Å². The summed E-state index contributed by atoms with van der Waals surface area (Å²) in [7, 11) is -4.48. The molecule has 0 aromatic carbocycles. The van der Waals surface area contributed by atoms with Crippen LogP contribution >= 0.6 is 8.17 Å². The van der Waals surface area contributed by atoms with E-state index in [9.17, 15) is 4.79 Å². The summed E-state index contributed by atoms with van der Waals surface area (Å²) in [6.45, 7) is 9.34. The van der Waals surface area contributed by atoms with E-state index < -0.39 is 13.6 Å². The number of hydrogen-bond donors (Lipinski definition) is 3. The second-order valence-corrected chi connectivity index (χ2v) is 7.11. The summed E-state index contributed by atoms with van der Waals surface area (Å²) in [5.41, 5.74) is -0.818. The van der Waals surface area contributed by atoms with Crippen molar-refractivity contribution >= 4 is 14.0 Å². The molecule has 0 aliphatic carbocycles. The summed E-state index contributed by atoms with van der Waals surface area (Å²) >= 11 is 0. The van der Waals surface area contributed by atoms with Crippen LogP contribution in [-0.2, 0) is 9.32 Å². The second kappa shape index (κ2) is 6.40. The molecule has 0 aliphatic heterocycles. The van der Waals surface area contributed by atoms with E-state index in [1.54, 1.807) is 6.92 Å². The van der Waals surface area contributed by atoms with Gasteiger partial charge >= 0.3 is 109 Å². The van der Waals surface area contributed by atoms with Crippen molar-refractivity contribution in [1.82, 2.24) is 0 Å². The average molecular weight is 282 g/mol. The van der Waals surface area contributed by atoms with Crippen molar-refractivity contribution in [3.63, 3.8) is 0 Å². The van der Waals surface area contributed by atoms with Gasteiger partial charge < -0.3 is 0 Å². The van der Waals surface area contributed by atoms with Gasteiger partial charge in [-0.1, -0.05) is 0 Å². The van der Waals surface area contributed by atoms with Crippen molar-refractivity contribution in [2.45, 2.75) is 53.9 Å². The number of rotatable bonds is 8. The third kappa shape index (κ3) is 5.72. The SMILES string of the molecule is CCC(C)(CO[PH](O)(O)O)CC(C)(CC)C(C)=O. The van der Waals surface area contributed by atoms with Crippen LogP contribution in [0.1, 0.15) is 53.9 Å². The van der Waals surface area contributed by atoms with Crippen molar-refractivity contribution in [1.29, 1.82) is 0 Å². The Kier molecular flexibility index (Phi) is 6.38. The molecule has 0 fully saturated rings. The summed E-state index contributed by atoms with van der Waals surface area (Å²) in [5.74, 6) is 0.116. The Morgan fingerprint density at radius 2 is 1.67 bits per heavy atom. The fraction of sp³-hybridized carbons (Fsp3) is 0.917. The van der Waals surface area contributed by atoms with E-state index in [1.165, 1.54) is 0 Å². The van der Waals surface area contributed by atoms with Crippen molar-refractivity contribution in [3.05, 3.63) is 0 Å². The Labute approximate surface area is 110 Å². The Hall–Kier alpha value is -0.0600. The van der Waals surface area contributed by atoms with Crippen molar-refractivity contribution in [3.8, 4) is 0 Å². The third-order valence-corrected chi connectivity index (χ3v) is 4.45. The van der Waals surface area contributed by atoms with Gasteiger partial charge in [-0.05, 0) is 0 Å². The monoisotopic (exact) mass is 282 g/mol. The molecular weight excluding hydrogens is 255 g/mol. The molecule has 5 nitrogen and oxygen atoms in total. The molecule has 2 unspecified atom stereocenters. The summed E-state index contributed by atoms with van der Waals surface area (Å²) in [6, 6.07) is 0. The number of hydrogen-bond acceptors (Lipinski definition) is 5. The Balaban J connectivity index is 4.80. The topological polar surface area (TPSA) is 87.0 Å². The molecule has 0 aromatic heterocycles. The first-order valence-electron chi connectivity index (χ1n) is 6.30. The quantitative estimate of drug-likeness (QED) is 0.594. The zero-order valence-corrected chi connectivity index (χ0v) is 13.0. The molecule has 0 spiro atoms. The summed E-state index contributed by atoms with van der Waals surface area (Å²) < 4.78 is 4.75. The zero-order valence-electron chi connectivity index (χ0n) is 12.0. The molecule has 0 rings (SSSR count). The van der Waals surface area contributed by atoms with Crippen molar-refractivity contribution in [2.75, 3.05) is 6.61 Å². The molecule has 18 heavy (non-hydrogen) atoms. The van der Waals surface area contributed by atoms with Gasteiger partial charge in [0.05, 0.1) is 0 Å². The van der Waals surface area contributed by atoms with Gasteiger partial charge in [0.25, 0.3) is 0 Å². The van der Waals surface area contributed by atoms with Crippen molar-refractivity contribution < 1.29 is 24.0 Å². The predicted molar refractivity (Wildman–Crippen MR) is 73.0 cm³/mol. The van der Waals surface area contributed by atoms with Crippen LogP contribution in [0, 0.1) is 10.8 Å². The molecule has 0 aromatic rings. The fourth-order valence-electron chi connectivity index (χ4n) is 1.99. The van der Waals surface area contributed by atoms with Crippen LogP contribution in [0.15, 0.2) is 0 Å². The van der Waals surface area contributed by atoms with Gasteiger partial charge in [-0.3, -0.25) is 0 Å². The standard InChI is InChI=1S/C12H27O5P/c1-6-11(4,9-17-18(14,15)16)8-12(5,7-2)10(3)13/h14-16,18H,6-9H2,1-5H3. The van der Waals surface area contributed by atoms with Gasteiger partial charge in [-0.2, -0.15) is 0 Å². The zero-order chi connectivity index (χ0) is 14.6. The van der Waals surface area contributed by atoms with E-state index in [0.29, 0.717) is 6.42 Å². The Morgan fingerprint density at radius 1 is 1.17 bits per heavy atom. The molecule has 0 radical (unpaired) electrons. The summed E-state index contributed by atoms with van der Waals surface area (Å²) in [5, 5.41) is 0. The van der Waals surface area contributed by atoms with Gasteiger partial charge in [0, 0.05) is 0 Å². The van der Waals surface area contributed by atoms with Gasteiger partial charge in [-0.15, -0.1) is 0 Å². The molecule has 0 saturated heterocycles. The molecule has 0 saturated carbocycles. The Morgan fingerprint density at radius 3 is 1.94 bits per heavy atom. The average Bonchev–Trinajstić information content (AvgIpc) is 2.25. The summed E-state index contributed by atoms with van der Waals surface area (Å²) in [6.07, 6.45) is 2.03. The third-order valence-electron chi connectivity index (χ3n) is 3.92. The molecular formula is C12H27O5P. The van der Waals surface area contributed by atoms with E-state index in [0.717, 1.165) is 12.8 Å². The number of Topliss-reactive ketones (excluding diaryl/α,β-unsaturated/α-hetero) is 1. The molecule has 3 N–H and O–H groups in total. The molecule has 6 heteroatoms. The van der Waals surface area contributed by atoms with Crippen LogP contribution in [0.2, 0.25) is 0 Å². The van der Waals surface area contributed by atoms with Gasteiger partial charge in [0.1, 0.15) is 0 Å². The van der Waals surface area contributed by atoms with Crippen molar-refractivity contribution in [2.24, 2.45) is 10.8 Å². The fourth-order valence-corrected chi connectivity index (χ4v) is 2.53. The van der Waals surface area contributed by atoms with Crippen LogP contribution in [0.25, 0.3) is 0 Å². The van der Waals surface area contributed by atoms with Crippen LogP contribution in [0.5, 0.6) is 0 Å². The van der Waals surface area contributed by atoms with E-state index in [4.69, 9.17) is 19.2 Å². The molecule has 0 bridgehead atoms. The molecule has 0 heterocycles. The molecule has 0 aliphatic rings. The minimum absolute atomic E-state index is 0.0299. The van der Waals surface area contributed by atoms with E-state index in [2.05, 4.69) is 0 Å². The minimum atomic E-state index is -4.48. The number of ketones is 1. The normalized spacial score (nSPS) is 20.0. The van der Waals surface area contributed by atoms with Crippen LogP contribution in [0.4, 0.5) is 0 Å². The number of carbonyl (C=O) groups excluding carboxylic acids is 1. The van der Waals surface area contributed by atoms with Crippen LogP contribution in [0.3, 0.4) is 0 Å². The van der Waals surface area contributed by atoms with Gasteiger partial charge in [0.2, 0.25) is 0 Å². The van der Waals surface area contributed by atoms with E-state index in [-0.39, 0.29) is 17.8 Å². The van der Waals surface area contributed by atoms with E-state index >= 15 is 0 Å². The molecule has 110 valence electrons. The Bertz CT molecular complexity index is 289. The first kappa shape index (κ1) is 17.9. The second-order valence-electron chi connectivity index (χ2n) is 5.67.